The van der Waals surface area contributed by atoms with Crippen molar-refractivity contribution in [2.24, 2.45) is 0 Å². The van der Waals surface area contributed by atoms with Gasteiger partial charge in [0.05, 0.1) is 40.6 Å². The third-order valence-corrected chi connectivity index (χ3v) is 19.2. The lowest BCUT2D eigenvalue weighted by Gasteiger charge is -2.30. The Hall–Kier alpha value is -4.58. The number of carbonyl (C=O) groups excluding carboxylic acids is 2. The topological polar surface area (TPSA) is 390 Å². The average Bonchev–Trinajstić information content (AvgIpc) is 4.18. The van der Waals surface area contributed by atoms with Crippen molar-refractivity contribution in [2.45, 2.75) is 138 Å². The van der Waals surface area contributed by atoms with Gasteiger partial charge in [-0.05, 0) is 102 Å². The molecule has 2 aromatic carbocycles. The van der Waals surface area contributed by atoms with E-state index in [9.17, 15) is 60.7 Å². The van der Waals surface area contributed by atoms with Crippen LogP contribution in [-0.2, 0) is 71.5 Å². The minimum atomic E-state index is -5.80. The lowest BCUT2D eigenvalue weighted by Crippen LogP contribution is -2.33. The number of H-pyrrole nitrogens is 1. The summed E-state index contributed by atoms with van der Waals surface area (Å²) in [4.78, 5) is 92.3. The van der Waals surface area contributed by atoms with Crippen LogP contribution >= 0.6 is 35.5 Å². The van der Waals surface area contributed by atoms with Crippen LogP contribution in [0.15, 0.2) is 92.0 Å². The van der Waals surface area contributed by atoms with Crippen LogP contribution < -0.4 is 21.5 Å². The van der Waals surface area contributed by atoms with Crippen molar-refractivity contribution in [3.63, 3.8) is 0 Å². The Bertz CT molecular complexity index is 3340. The number of phosphoric ester groups is 1. The zero-order valence-corrected chi connectivity index (χ0v) is 49.1. The number of allylic oxidation sites excluding steroid dienone is 4. The van der Waals surface area contributed by atoms with Gasteiger partial charge in [0.1, 0.15) is 24.7 Å². The zero-order chi connectivity index (χ0) is 59.7. The predicted octanol–water partition coefficient (Wildman–Crippen LogP) is 6.75. The highest BCUT2D eigenvalue weighted by Crippen LogP contribution is 2.66. The van der Waals surface area contributed by atoms with E-state index in [2.05, 4.69) is 69.1 Å². The van der Waals surface area contributed by atoms with Crippen LogP contribution in [0.5, 0.6) is 0 Å². The summed E-state index contributed by atoms with van der Waals surface area (Å²) >= 11 is 0.888. The molecule has 3 aromatic rings. The molecule has 3 aliphatic rings. The number of hydrogen-bond donors (Lipinski definition) is 9. The van der Waals surface area contributed by atoms with Crippen molar-refractivity contribution in [1.29, 1.82) is 0 Å². The molecule has 3 aliphatic heterocycles. The largest absolute Gasteiger partial charge is 0.490 e. The van der Waals surface area contributed by atoms with E-state index in [4.69, 9.17) is 19.8 Å². The molecule has 446 valence electrons. The van der Waals surface area contributed by atoms with Crippen LogP contribution in [0.2, 0.25) is 0 Å². The van der Waals surface area contributed by atoms with Crippen molar-refractivity contribution in [3.8, 4) is 0 Å². The van der Waals surface area contributed by atoms with Gasteiger partial charge in [0.25, 0.3) is 15.7 Å². The van der Waals surface area contributed by atoms with Crippen LogP contribution in [0.3, 0.4) is 0 Å². The molecular formula is C49H67N5O22P3S2+. The number of aromatic amines is 1. The Kier molecular flexibility index (Phi) is 22.2. The number of nitrogens with zero attached hydrogens (tertiary/aromatic N) is 3. The number of benzene rings is 2. The number of unbranched alkanes of at least 4 members (excludes halogenated alkanes) is 3. The van der Waals surface area contributed by atoms with Crippen molar-refractivity contribution in [3.05, 3.63) is 110 Å². The fourth-order valence-electron chi connectivity index (χ4n) is 10.1. The number of ketones is 1. The van der Waals surface area contributed by atoms with Gasteiger partial charge in [0.15, 0.2) is 5.71 Å². The summed E-state index contributed by atoms with van der Waals surface area (Å²) < 4.78 is 94.6. The normalized spacial score (nSPS) is 22.0. The highest BCUT2D eigenvalue weighted by Gasteiger charge is 2.46. The SMILES string of the molecule is CCN1/C(=C/C=C/C2=[N+](CC)c3ccc(SOOO)cc3C2(C)C)C(C)(CCCC(=O)CCCCCCC(=O)NC/C=C/c2cn([C@H]3C[C@@H](O)[C@@H](COP(=O)(O)OP(=O)(O)OP(=O)(O)O)O3)c(=O)[nH]c2=O)c2cc(S(=O)(=O)O)ccc21. The number of Topliss-reactive ketones (excluding diaryl/α,β-unsaturated/α-hetero) is 1. The van der Waals surface area contributed by atoms with Crippen LogP contribution in [0.1, 0.15) is 122 Å². The van der Waals surface area contributed by atoms with Crippen LogP contribution in [-0.4, -0.2) is 113 Å². The number of likely N-dealkylation sites (N-methyl/N-ethyl adjacent to an activating group) is 1. The van der Waals surface area contributed by atoms with Gasteiger partial charge in [-0.3, -0.25) is 33.0 Å². The molecule has 0 spiro atoms. The van der Waals surface area contributed by atoms with Crippen LogP contribution in [0.25, 0.3) is 6.08 Å². The van der Waals surface area contributed by atoms with Gasteiger partial charge in [-0.1, -0.05) is 36.1 Å². The summed E-state index contributed by atoms with van der Waals surface area (Å²) in [6, 6.07) is 10.5. The number of aliphatic hydroxyl groups excluding tert-OH is 1. The Morgan fingerprint density at radius 2 is 1.64 bits per heavy atom. The van der Waals surface area contributed by atoms with E-state index in [1.165, 1.54) is 24.3 Å². The van der Waals surface area contributed by atoms with E-state index in [1.54, 1.807) is 6.07 Å². The van der Waals surface area contributed by atoms with Crippen molar-refractivity contribution < 1.29 is 98.0 Å². The molecule has 9 N–H and O–H groups in total. The molecule has 1 fully saturated rings. The first-order valence-corrected chi connectivity index (χ1v) is 32.3. The Morgan fingerprint density at radius 1 is 0.938 bits per heavy atom. The number of nitrogens with one attached hydrogen (secondary N) is 2. The fraction of sp³-hybridized carbons (Fsp3) is 0.490. The summed E-state index contributed by atoms with van der Waals surface area (Å²) in [6.07, 6.45) is 9.90. The van der Waals surface area contributed by atoms with Gasteiger partial charge in [0, 0.05) is 84.4 Å². The monoisotopic (exact) mass is 1230 g/mol. The second kappa shape index (κ2) is 27.4. The van der Waals surface area contributed by atoms with Gasteiger partial charge < -0.3 is 39.6 Å². The number of ether oxygens (including phenoxy) is 1. The second-order valence-electron chi connectivity index (χ2n) is 19.9. The van der Waals surface area contributed by atoms with Gasteiger partial charge in [-0.25, -0.2) is 23.7 Å². The predicted molar refractivity (Wildman–Crippen MR) is 294 cm³/mol. The number of carbonyl (C=O) groups is 2. The minimum Gasteiger partial charge on any atom is -0.390 e. The summed E-state index contributed by atoms with van der Waals surface area (Å²) in [5.41, 5.74) is 2.63. The van der Waals surface area contributed by atoms with Crippen LogP contribution in [0, 0.1) is 0 Å². The number of aromatic nitrogens is 2. The van der Waals surface area contributed by atoms with E-state index in [0.29, 0.717) is 58.0 Å². The summed E-state index contributed by atoms with van der Waals surface area (Å²) in [5, 5.41) is 25.7. The van der Waals surface area contributed by atoms with E-state index in [-0.39, 0.29) is 48.0 Å². The van der Waals surface area contributed by atoms with Gasteiger partial charge in [-0.2, -0.15) is 21.6 Å². The lowest BCUT2D eigenvalue weighted by atomic mass is 9.76. The lowest BCUT2D eigenvalue weighted by molar-refractivity contribution is -0.433. The molecule has 1 amide bonds. The molecule has 81 heavy (non-hydrogen) atoms. The summed E-state index contributed by atoms with van der Waals surface area (Å²) in [7, 11) is -21.5. The number of aliphatic hydroxyl groups is 1. The third-order valence-electron chi connectivity index (χ3n) is 14.0. The van der Waals surface area contributed by atoms with Gasteiger partial charge >= 0.3 is 29.2 Å². The molecule has 4 heterocycles. The molecular weight excluding hydrogens is 1170 g/mol. The summed E-state index contributed by atoms with van der Waals surface area (Å²) in [6.45, 7) is 10.6. The molecule has 6 rings (SSSR count). The molecule has 0 bridgehead atoms. The number of hydrogen-bond acceptors (Lipinski definition) is 19. The molecule has 32 heteroatoms. The van der Waals surface area contributed by atoms with E-state index >= 15 is 0 Å². The quantitative estimate of drug-likeness (QED) is 0.00634. The van der Waals surface area contributed by atoms with Gasteiger partial charge in [-0.15, -0.1) is 4.33 Å². The Balaban J connectivity index is 0.967. The third kappa shape index (κ3) is 17.0. The Morgan fingerprint density at radius 3 is 2.31 bits per heavy atom. The summed E-state index contributed by atoms with van der Waals surface area (Å²) in [5.74, 6) is -0.201. The van der Waals surface area contributed by atoms with E-state index < -0.39 is 80.7 Å². The van der Waals surface area contributed by atoms with Crippen molar-refractivity contribution in [1.82, 2.24) is 14.9 Å². The number of fused-ring (bicyclic) bond motifs is 2. The number of amides is 1. The highest BCUT2D eigenvalue weighted by molar-refractivity contribution is 7.94. The zero-order valence-electron chi connectivity index (χ0n) is 44.8. The first-order chi connectivity index (χ1) is 37.9. The maximum Gasteiger partial charge on any atom is 0.490 e. The molecule has 3 unspecified atom stereocenters. The standard InChI is InChI=1S/C49H66N5O22P3S2/c1-6-52-38-23-21-34(80-74-73-60)27-36(38)48(3,4)42(52)18-12-19-43-49(5,37-28-35(81(68,69)70)22-24-39(37)53(43)7-2)25-13-17-33(55)16-10-8-9-11-20-44(57)50-26-14-15-32-30-54(47(59)51-46(32)58)45-29-40(56)41(72-45)31-71-78(64,65)76-79(66,67)75-77(61,62)63/h12,14-15,18-19,21-24,27-28,30,40-41,45,56H,6-11,13,16-17,20,25-26,29,31H2,1-5H3,(H7-,50,51,57,58,59,60,61,62,63,64,65,66,67,68,69,70)/p+1/b15-14+/t40-,41-,45-,49?/m1/s1. The maximum atomic E-state index is 13.3. The molecule has 0 radical (unpaired) electrons. The van der Waals surface area contributed by atoms with Gasteiger partial charge in [0.2, 0.25) is 11.6 Å². The molecule has 0 saturated carbocycles. The number of phosphoric acid groups is 3. The minimum absolute atomic E-state index is 0.0104. The van der Waals surface area contributed by atoms with E-state index in [0.717, 1.165) is 61.6 Å². The number of anilines is 1. The molecule has 0 aliphatic carbocycles. The first kappa shape index (κ1) is 65.6. The van der Waals surface area contributed by atoms with Crippen molar-refractivity contribution >= 4 is 80.5 Å². The first-order valence-electron chi connectivity index (χ1n) is 25.6. The molecule has 27 nitrogen and oxygen atoms in total. The van der Waals surface area contributed by atoms with Crippen LogP contribution in [0.4, 0.5) is 11.4 Å². The van der Waals surface area contributed by atoms with Crippen molar-refractivity contribution in [2.75, 3.05) is 31.1 Å². The molecule has 1 saturated heterocycles. The maximum absolute atomic E-state index is 13.3. The molecule has 1 aromatic heterocycles. The highest BCUT2D eigenvalue weighted by atomic mass is 32.2. The molecule has 6 atom stereocenters. The fourth-order valence-corrected chi connectivity index (χ4v) is 14.1. The van der Waals surface area contributed by atoms with E-state index in [1.807, 2.05) is 44.2 Å². The number of rotatable bonds is 30. The Labute approximate surface area is 470 Å². The second-order valence-corrected chi connectivity index (χ2v) is 26.5. The smallest absolute Gasteiger partial charge is 0.390 e. The average molecular weight is 1240 g/mol.